The van der Waals surface area contributed by atoms with Crippen LogP contribution in [0.25, 0.3) is 0 Å². The third-order valence-electron chi connectivity index (χ3n) is 2.93. The average Bonchev–Trinajstić information content (AvgIpc) is 2.79. The lowest BCUT2D eigenvalue weighted by Crippen LogP contribution is -2.34. The molecule has 1 fully saturated rings. The summed E-state index contributed by atoms with van der Waals surface area (Å²) in [5.41, 5.74) is 0.551. The third-order valence-corrected chi connectivity index (χ3v) is 2.93. The Morgan fingerprint density at radius 3 is 2.60 bits per heavy atom. The lowest BCUT2D eigenvalue weighted by molar-refractivity contribution is 0.414. The Bertz CT molecular complexity index is 372. The van der Waals surface area contributed by atoms with E-state index in [1.807, 2.05) is 24.3 Å². The zero-order chi connectivity index (χ0) is 10.7. The lowest BCUT2D eigenvalue weighted by atomic mass is 9.90. The molecule has 15 heavy (non-hydrogen) atoms. The van der Waals surface area contributed by atoms with Crippen molar-refractivity contribution in [2.45, 2.75) is 18.4 Å². The molecule has 3 heteroatoms. The molecule has 0 aliphatic carbocycles. The molecular weight excluding hydrogens is 188 g/mol. The molecule has 1 heterocycles. The predicted octanol–water partition coefficient (Wildman–Crippen LogP) is 1.80. The molecule has 1 saturated heterocycles. The minimum atomic E-state index is -0.480. The van der Waals surface area contributed by atoms with Crippen LogP contribution in [0.5, 0.6) is 5.75 Å². The molecule has 1 atom stereocenters. The molecule has 1 aromatic rings. The van der Waals surface area contributed by atoms with E-state index in [0.717, 1.165) is 30.7 Å². The van der Waals surface area contributed by atoms with Gasteiger partial charge < -0.3 is 4.74 Å². The van der Waals surface area contributed by atoms with Crippen molar-refractivity contribution in [3.8, 4) is 11.8 Å². The molecular formula is C12H14N2O. The van der Waals surface area contributed by atoms with Gasteiger partial charge in [-0.15, -0.1) is 0 Å². The van der Waals surface area contributed by atoms with Crippen molar-refractivity contribution >= 4 is 0 Å². The Balaban J connectivity index is 2.32. The number of rotatable bonds is 2. The predicted molar refractivity (Wildman–Crippen MR) is 57.5 cm³/mol. The van der Waals surface area contributed by atoms with Crippen molar-refractivity contribution in [1.82, 2.24) is 5.32 Å². The summed E-state index contributed by atoms with van der Waals surface area (Å²) in [5, 5.41) is 12.5. The van der Waals surface area contributed by atoms with E-state index in [9.17, 15) is 5.26 Å². The maximum atomic E-state index is 9.25. The van der Waals surface area contributed by atoms with Gasteiger partial charge in [-0.2, -0.15) is 5.26 Å². The fourth-order valence-corrected chi connectivity index (χ4v) is 2.03. The van der Waals surface area contributed by atoms with E-state index < -0.39 is 5.54 Å². The van der Waals surface area contributed by atoms with E-state index in [1.165, 1.54) is 0 Å². The monoisotopic (exact) mass is 202 g/mol. The quantitative estimate of drug-likeness (QED) is 0.795. The smallest absolute Gasteiger partial charge is 0.132 e. The van der Waals surface area contributed by atoms with Gasteiger partial charge in [-0.05, 0) is 37.1 Å². The summed E-state index contributed by atoms with van der Waals surface area (Å²) in [6.07, 6.45) is 1.94. The number of benzene rings is 1. The first-order chi connectivity index (χ1) is 7.30. The molecule has 0 radical (unpaired) electrons. The fourth-order valence-electron chi connectivity index (χ4n) is 2.03. The van der Waals surface area contributed by atoms with Gasteiger partial charge in [-0.3, -0.25) is 5.32 Å². The molecule has 78 valence electrons. The highest BCUT2D eigenvalue weighted by molar-refractivity contribution is 5.36. The van der Waals surface area contributed by atoms with Crippen LogP contribution in [0.2, 0.25) is 0 Å². The van der Waals surface area contributed by atoms with Crippen LogP contribution in [0.4, 0.5) is 0 Å². The first kappa shape index (κ1) is 10.0. The Labute approximate surface area is 89.7 Å². The SMILES string of the molecule is COc1ccc(C2(C#N)CCCN2)cc1. The number of methoxy groups -OCH3 is 1. The van der Waals surface area contributed by atoms with E-state index in [2.05, 4.69) is 11.4 Å². The van der Waals surface area contributed by atoms with Gasteiger partial charge in [0, 0.05) is 0 Å². The zero-order valence-corrected chi connectivity index (χ0v) is 8.79. The van der Waals surface area contributed by atoms with Crippen LogP contribution in [-0.2, 0) is 5.54 Å². The normalized spacial score (nSPS) is 24.8. The van der Waals surface area contributed by atoms with Crippen molar-refractivity contribution in [2.24, 2.45) is 0 Å². The highest BCUT2D eigenvalue weighted by Crippen LogP contribution is 2.30. The highest BCUT2D eigenvalue weighted by Gasteiger charge is 2.35. The van der Waals surface area contributed by atoms with Crippen LogP contribution < -0.4 is 10.1 Å². The van der Waals surface area contributed by atoms with Crippen molar-refractivity contribution < 1.29 is 4.74 Å². The second kappa shape index (κ2) is 3.92. The summed E-state index contributed by atoms with van der Waals surface area (Å²) in [6, 6.07) is 10.1. The van der Waals surface area contributed by atoms with Gasteiger partial charge in [-0.25, -0.2) is 0 Å². The Morgan fingerprint density at radius 1 is 1.40 bits per heavy atom. The van der Waals surface area contributed by atoms with Gasteiger partial charge in [0.05, 0.1) is 13.2 Å². The summed E-state index contributed by atoms with van der Waals surface area (Å²) in [6.45, 7) is 0.916. The number of nitriles is 1. The van der Waals surface area contributed by atoms with Gasteiger partial charge in [-0.1, -0.05) is 12.1 Å². The summed E-state index contributed by atoms with van der Waals surface area (Å²) in [5.74, 6) is 0.824. The molecule has 2 rings (SSSR count). The molecule has 0 spiro atoms. The van der Waals surface area contributed by atoms with Crippen molar-refractivity contribution in [3.63, 3.8) is 0 Å². The van der Waals surface area contributed by atoms with Crippen LogP contribution in [0.15, 0.2) is 24.3 Å². The van der Waals surface area contributed by atoms with Crippen LogP contribution in [0.1, 0.15) is 18.4 Å². The van der Waals surface area contributed by atoms with Crippen LogP contribution >= 0.6 is 0 Å². The van der Waals surface area contributed by atoms with Gasteiger partial charge in [0.15, 0.2) is 0 Å². The minimum Gasteiger partial charge on any atom is -0.497 e. The van der Waals surface area contributed by atoms with Gasteiger partial charge in [0.1, 0.15) is 11.3 Å². The van der Waals surface area contributed by atoms with E-state index in [1.54, 1.807) is 7.11 Å². The number of ether oxygens (including phenoxy) is 1. The van der Waals surface area contributed by atoms with E-state index >= 15 is 0 Å². The average molecular weight is 202 g/mol. The van der Waals surface area contributed by atoms with E-state index in [0.29, 0.717) is 0 Å². The molecule has 0 amide bonds. The van der Waals surface area contributed by atoms with E-state index in [-0.39, 0.29) is 0 Å². The Morgan fingerprint density at radius 2 is 2.13 bits per heavy atom. The molecule has 1 aliphatic rings. The van der Waals surface area contributed by atoms with Crippen molar-refractivity contribution in [2.75, 3.05) is 13.7 Å². The Kier molecular flexibility index (Phi) is 2.61. The summed E-state index contributed by atoms with van der Waals surface area (Å²) < 4.78 is 5.10. The fraction of sp³-hybridized carbons (Fsp3) is 0.417. The molecule has 3 nitrogen and oxygen atoms in total. The maximum absolute atomic E-state index is 9.25. The zero-order valence-electron chi connectivity index (χ0n) is 8.79. The van der Waals surface area contributed by atoms with Crippen molar-refractivity contribution in [3.05, 3.63) is 29.8 Å². The maximum Gasteiger partial charge on any atom is 0.132 e. The minimum absolute atomic E-state index is 0.480. The molecule has 0 bridgehead atoms. The summed E-state index contributed by atoms with van der Waals surface area (Å²) >= 11 is 0. The highest BCUT2D eigenvalue weighted by atomic mass is 16.5. The number of nitrogens with one attached hydrogen (secondary N) is 1. The molecule has 0 saturated carbocycles. The molecule has 1 aliphatic heterocycles. The standard InChI is InChI=1S/C12H14N2O/c1-15-11-5-3-10(4-6-11)12(9-13)7-2-8-14-12/h3-6,14H,2,7-8H2,1H3. The Hall–Kier alpha value is -1.53. The van der Waals surface area contributed by atoms with Crippen LogP contribution in [-0.4, -0.2) is 13.7 Å². The number of nitrogens with zero attached hydrogens (tertiary/aromatic N) is 1. The van der Waals surface area contributed by atoms with Gasteiger partial charge in [0.25, 0.3) is 0 Å². The second-order valence-corrected chi connectivity index (χ2v) is 3.78. The van der Waals surface area contributed by atoms with E-state index in [4.69, 9.17) is 4.74 Å². The first-order valence-corrected chi connectivity index (χ1v) is 5.11. The lowest BCUT2D eigenvalue weighted by Gasteiger charge is -2.21. The molecule has 1 N–H and O–H groups in total. The van der Waals surface area contributed by atoms with Crippen LogP contribution in [0, 0.1) is 11.3 Å². The largest absolute Gasteiger partial charge is 0.497 e. The van der Waals surface area contributed by atoms with Gasteiger partial charge in [0.2, 0.25) is 0 Å². The molecule has 1 unspecified atom stereocenters. The topological polar surface area (TPSA) is 45.0 Å². The summed E-state index contributed by atoms with van der Waals surface area (Å²) in [4.78, 5) is 0. The number of hydrogen-bond donors (Lipinski definition) is 1. The van der Waals surface area contributed by atoms with Crippen LogP contribution in [0.3, 0.4) is 0 Å². The first-order valence-electron chi connectivity index (χ1n) is 5.11. The number of hydrogen-bond acceptors (Lipinski definition) is 3. The molecule has 1 aromatic carbocycles. The third kappa shape index (κ3) is 1.69. The summed E-state index contributed by atoms with van der Waals surface area (Å²) in [7, 11) is 1.64. The molecule has 0 aromatic heterocycles. The second-order valence-electron chi connectivity index (χ2n) is 3.78. The van der Waals surface area contributed by atoms with Crippen molar-refractivity contribution in [1.29, 1.82) is 5.26 Å². The van der Waals surface area contributed by atoms with Gasteiger partial charge >= 0.3 is 0 Å².